The summed E-state index contributed by atoms with van der Waals surface area (Å²) in [5, 5.41) is 24.4. The van der Waals surface area contributed by atoms with Crippen LogP contribution < -0.4 is 15.4 Å². The van der Waals surface area contributed by atoms with Gasteiger partial charge in [0.1, 0.15) is 18.0 Å². The maximum absolute atomic E-state index is 12.2. The van der Waals surface area contributed by atoms with Crippen LogP contribution in [0.25, 0.3) is 0 Å². The zero-order valence-electron chi connectivity index (χ0n) is 14.0. The molecule has 2 aromatic rings. The van der Waals surface area contributed by atoms with Crippen LogP contribution in [0.1, 0.15) is 29.0 Å². The minimum absolute atomic E-state index is 0.187. The molecule has 3 atom stereocenters. The summed E-state index contributed by atoms with van der Waals surface area (Å²) in [6, 6.07) is -0.472. The monoisotopic (exact) mass is 381 g/mol. The molecule has 3 N–H and O–H groups in total. The average Bonchev–Trinajstić information content (AvgIpc) is 3.34. The highest BCUT2D eigenvalue weighted by Gasteiger charge is 2.37. The Morgan fingerprint density at radius 2 is 2.27 bits per heavy atom. The number of thiazole rings is 1. The van der Waals surface area contributed by atoms with Gasteiger partial charge in [0, 0.05) is 11.3 Å². The average molecular weight is 381 g/mol. The van der Waals surface area contributed by atoms with E-state index in [1.54, 1.807) is 17.8 Å². The van der Waals surface area contributed by atoms with Gasteiger partial charge in [-0.15, -0.1) is 11.3 Å². The van der Waals surface area contributed by atoms with E-state index in [2.05, 4.69) is 30.6 Å². The normalized spacial score (nSPS) is 22.2. The van der Waals surface area contributed by atoms with Crippen LogP contribution in [0.4, 0.5) is 0 Å². The minimum atomic E-state index is -0.770. The van der Waals surface area contributed by atoms with Crippen molar-refractivity contribution >= 4 is 23.2 Å². The standard InChI is InChI=1S/C15H19N5O5S/c1-8-15(20-25-19-8)24-3-2-16-13(22)9-4-10(12(21)5-9)18-14(23)11-6-26-7-17-11/h6-7,9-10,12,21H,2-5H2,1H3,(H,16,22)(H,18,23)/t9-,10-,12-/m0/s1. The van der Waals surface area contributed by atoms with E-state index in [1.807, 2.05) is 0 Å². The maximum Gasteiger partial charge on any atom is 0.278 e. The minimum Gasteiger partial charge on any atom is -0.472 e. The summed E-state index contributed by atoms with van der Waals surface area (Å²) < 4.78 is 9.84. The molecule has 1 saturated carbocycles. The van der Waals surface area contributed by atoms with E-state index in [9.17, 15) is 14.7 Å². The lowest BCUT2D eigenvalue weighted by Crippen LogP contribution is -2.40. The largest absolute Gasteiger partial charge is 0.472 e. The predicted molar refractivity (Wildman–Crippen MR) is 89.6 cm³/mol. The van der Waals surface area contributed by atoms with E-state index in [0.29, 0.717) is 30.1 Å². The molecule has 0 saturated heterocycles. The van der Waals surface area contributed by atoms with E-state index in [1.165, 1.54) is 11.3 Å². The molecule has 140 valence electrons. The summed E-state index contributed by atoms with van der Waals surface area (Å²) in [6.45, 7) is 2.21. The van der Waals surface area contributed by atoms with Crippen LogP contribution in [0.5, 0.6) is 5.88 Å². The molecular formula is C15H19N5O5S. The fourth-order valence-electron chi connectivity index (χ4n) is 2.77. The molecule has 10 nitrogen and oxygen atoms in total. The van der Waals surface area contributed by atoms with Gasteiger partial charge in [-0.2, -0.15) is 0 Å². The van der Waals surface area contributed by atoms with Gasteiger partial charge in [0.05, 0.1) is 24.2 Å². The number of hydrogen-bond donors (Lipinski definition) is 3. The van der Waals surface area contributed by atoms with Gasteiger partial charge in [0.25, 0.3) is 11.8 Å². The van der Waals surface area contributed by atoms with Crippen molar-refractivity contribution in [2.75, 3.05) is 13.2 Å². The molecule has 2 aromatic heterocycles. The smallest absolute Gasteiger partial charge is 0.278 e. The van der Waals surface area contributed by atoms with Gasteiger partial charge in [0.2, 0.25) is 5.91 Å². The second-order valence-corrected chi connectivity index (χ2v) is 6.70. The molecule has 1 aliphatic carbocycles. The third-order valence-electron chi connectivity index (χ3n) is 4.13. The summed E-state index contributed by atoms with van der Waals surface area (Å²) in [5.41, 5.74) is 2.41. The Labute approximate surface area is 152 Å². The van der Waals surface area contributed by atoms with E-state index < -0.39 is 12.1 Å². The Bertz CT molecular complexity index is 749. The van der Waals surface area contributed by atoms with Crippen molar-refractivity contribution in [3.8, 4) is 5.88 Å². The van der Waals surface area contributed by atoms with Crippen LogP contribution in [-0.4, -0.2) is 57.5 Å². The fourth-order valence-corrected chi connectivity index (χ4v) is 3.30. The number of nitrogens with one attached hydrogen (secondary N) is 2. The topological polar surface area (TPSA) is 139 Å². The van der Waals surface area contributed by atoms with E-state index in [0.717, 1.165) is 0 Å². The third kappa shape index (κ3) is 4.35. The summed E-state index contributed by atoms with van der Waals surface area (Å²) >= 11 is 1.32. The van der Waals surface area contributed by atoms with Gasteiger partial charge in [-0.25, -0.2) is 9.61 Å². The Morgan fingerprint density at radius 3 is 2.96 bits per heavy atom. The van der Waals surface area contributed by atoms with Gasteiger partial charge >= 0.3 is 0 Å². The Morgan fingerprint density at radius 1 is 1.42 bits per heavy atom. The Balaban J connectivity index is 1.41. The lowest BCUT2D eigenvalue weighted by molar-refractivity contribution is -0.125. The molecule has 0 bridgehead atoms. The van der Waals surface area contributed by atoms with Gasteiger partial charge in [-0.3, -0.25) is 9.59 Å². The van der Waals surface area contributed by atoms with Crippen LogP contribution in [0.3, 0.4) is 0 Å². The predicted octanol–water partition coefficient (Wildman–Crippen LogP) is -0.101. The maximum atomic E-state index is 12.2. The number of aliphatic hydroxyl groups excluding tert-OH is 1. The quantitative estimate of drug-likeness (QED) is 0.565. The lowest BCUT2D eigenvalue weighted by atomic mass is 10.1. The molecule has 2 amide bonds. The molecule has 3 rings (SSSR count). The van der Waals surface area contributed by atoms with Crippen molar-refractivity contribution in [2.24, 2.45) is 5.92 Å². The first-order valence-electron chi connectivity index (χ1n) is 8.11. The molecule has 0 unspecified atom stereocenters. The third-order valence-corrected chi connectivity index (χ3v) is 4.72. The van der Waals surface area contributed by atoms with Crippen LogP contribution in [0.15, 0.2) is 15.5 Å². The molecule has 2 heterocycles. The van der Waals surface area contributed by atoms with Crippen LogP contribution >= 0.6 is 11.3 Å². The van der Waals surface area contributed by atoms with Crippen molar-refractivity contribution in [1.29, 1.82) is 0 Å². The van der Waals surface area contributed by atoms with Crippen LogP contribution in [0.2, 0.25) is 0 Å². The van der Waals surface area contributed by atoms with Crippen molar-refractivity contribution in [3.05, 3.63) is 22.3 Å². The molecule has 26 heavy (non-hydrogen) atoms. The second-order valence-electron chi connectivity index (χ2n) is 5.98. The van der Waals surface area contributed by atoms with Crippen LogP contribution in [0, 0.1) is 12.8 Å². The highest BCUT2D eigenvalue weighted by molar-refractivity contribution is 7.07. The number of hydrogen-bond acceptors (Lipinski definition) is 9. The van der Waals surface area contributed by atoms with Crippen molar-refractivity contribution in [1.82, 2.24) is 25.9 Å². The number of amides is 2. The molecule has 1 fully saturated rings. The number of carbonyl (C=O) groups is 2. The summed E-state index contributed by atoms with van der Waals surface area (Å²) in [6.07, 6.45) is -0.106. The van der Waals surface area contributed by atoms with E-state index in [4.69, 9.17) is 4.74 Å². The molecule has 0 spiro atoms. The molecule has 1 aliphatic rings. The number of aromatic nitrogens is 3. The summed E-state index contributed by atoms with van der Waals surface area (Å²) in [4.78, 5) is 28.2. The first kappa shape index (κ1) is 18.3. The Hall–Kier alpha value is -2.53. The van der Waals surface area contributed by atoms with Crippen molar-refractivity contribution < 1.29 is 24.1 Å². The van der Waals surface area contributed by atoms with Gasteiger partial charge < -0.3 is 20.5 Å². The molecule has 0 radical (unpaired) electrons. The first-order chi connectivity index (χ1) is 12.5. The van der Waals surface area contributed by atoms with Gasteiger partial charge in [-0.05, 0) is 24.9 Å². The number of ether oxygens (including phenoxy) is 1. The fraction of sp³-hybridized carbons (Fsp3) is 0.533. The second kappa shape index (κ2) is 8.23. The molecular weight excluding hydrogens is 362 g/mol. The zero-order chi connectivity index (χ0) is 18.5. The molecule has 11 heteroatoms. The van der Waals surface area contributed by atoms with Gasteiger partial charge in [0.15, 0.2) is 0 Å². The molecule has 0 aromatic carbocycles. The number of rotatable bonds is 7. The van der Waals surface area contributed by atoms with E-state index in [-0.39, 0.29) is 30.9 Å². The zero-order valence-corrected chi connectivity index (χ0v) is 14.9. The van der Waals surface area contributed by atoms with Crippen molar-refractivity contribution in [3.63, 3.8) is 0 Å². The van der Waals surface area contributed by atoms with E-state index >= 15 is 0 Å². The highest BCUT2D eigenvalue weighted by atomic mass is 32.1. The summed E-state index contributed by atoms with van der Waals surface area (Å²) in [5.74, 6) is -0.615. The summed E-state index contributed by atoms with van der Waals surface area (Å²) in [7, 11) is 0. The first-order valence-corrected chi connectivity index (χ1v) is 9.05. The Kier molecular flexibility index (Phi) is 5.78. The SMILES string of the molecule is Cc1nonc1OCCNC(=O)[C@H]1C[C@H](NC(=O)c2cscn2)[C@@H](O)C1. The number of aryl methyl sites for hydroxylation is 1. The number of nitrogens with zero attached hydrogens (tertiary/aromatic N) is 3. The highest BCUT2D eigenvalue weighted by Crippen LogP contribution is 2.26. The van der Waals surface area contributed by atoms with Crippen molar-refractivity contribution in [2.45, 2.75) is 31.9 Å². The molecule has 0 aliphatic heterocycles. The van der Waals surface area contributed by atoms with Gasteiger partial charge in [-0.1, -0.05) is 5.16 Å². The van der Waals surface area contributed by atoms with Crippen LogP contribution in [-0.2, 0) is 4.79 Å². The lowest BCUT2D eigenvalue weighted by Gasteiger charge is -2.15. The number of carbonyl (C=O) groups excluding carboxylic acids is 2. The number of aliphatic hydroxyl groups is 1.